The summed E-state index contributed by atoms with van der Waals surface area (Å²) in [6.45, 7) is 1.66. The van der Waals surface area contributed by atoms with E-state index in [1.807, 2.05) is 0 Å². The number of nitrogens with one attached hydrogen (secondary N) is 1. The van der Waals surface area contributed by atoms with Crippen LogP contribution in [0.2, 0.25) is 5.15 Å². The van der Waals surface area contributed by atoms with Crippen molar-refractivity contribution in [1.29, 1.82) is 0 Å². The second-order valence-electron chi connectivity index (χ2n) is 3.76. The summed E-state index contributed by atoms with van der Waals surface area (Å²) in [7, 11) is 0. The summed E-state index contributed by atoms with van der Waals surface area (Å²) in [5.74, 6) is 5.00. The van der Waals surface area contributed by atoms with Crippen LogP contribution in [-0.2, 0) is 0 Å². The van der Waals surface area contributed by atoms with Crippen molar-refractivity contribution in [3.63, 3.8) is 0 Å². The summed E-state index contributed by atoms with van der Waals surface area (Å²) in [4.78, 5) is 11.4. The molecule has 0 aliphatic rings. The SMILES string of the molecule is Cc1c(Cl)nnc(NC(=O)N(N)CC(F)(F)F)c1C.Cl. The number of hydrazine groups is 1. The number of nitrogens with zero attached hydrogens (tertiary/aromatic N) is 3. The van der Waals surface area contributed by atoms with Crippen molar-refractivity contribution >= 4 is 35.9 Å². The van der Waals surface area contributed by atoms with Crippen molar-refractivity contribution in [3.05, 3.63) is 16.3 Å². The highest BCUT2D eigenvalue weighted by Crippen LogP contribution is 2.21. The average molecular weight is 334 g/mol. The molecule has 0 fully saturated rings. The highest BCUT2D eigenvalue weighted by Gasteiger charge is 2.32. The lowest BCUT2D eigenvalue weighted by atomic mass is 10.2. The molecule has 0 atom stereocenters. The first-order valence-corrected chi connectivity index (χ1v) is 5.39. The Morgan fingerprint density at radius 2 is 1.90 bits per heavy atom. The maximum absolute atomic E-state index is 12.1. The number of urea groups is 1. The molecule has 0 saturated heterocycles. The number of carbonyl (C=O) groups is 1. The van der Waals surface area contributed by atoms with Gasteiger partial charge in [0.15, 0.2) is 11.0 Å². The molecule has 0 aliphatic heterocycles. The van der Waals surface area contributed by atoms with Crippen LogP contribution in [0.5, 0.6) is 0 Å². The number of hydrogen-bond donors (Lipinski definition) is 2. The molecule has 1 aromatic rings. The molecule has 6 nitrogen and oxygen atoms in total. The lowest BCUT2D eigenvalue weighted by molar-refractivity contribution is -0.139. The van der Waals surface area contributed by atoms with E-state index in [0.717, 1.165) is 0 Å². The summed E-state index contributed by atoms with van der Waals surface area (Å²) in [6.07, 6.45) is -4.58. The van der Waals surface area contributed by atoms with E-state index in [1.165, 1.54) is 0 Å². The zero-order valence-corrected chi connectivity index (χ0v) is 12.0. The Morgan fingerprint density at radius 1 is 1.35 bits per heavy atom. The van der Waals surface area contributed by atoms with Gasteiger partial charge in [0.05, 0.1) is 0 Å². The van der Waals surface area contributed by atoms with Crippen molar-refractivity contribution in [2.24, 2.45) is 5.84 Å². The Hall–Kier alpha value is -1.32. The number of rotatable bonds is 2. The molecule has 0 unspecified atom stereocenters. The molecule has 0 radical (unpaired) electrons. The molecule has 1 aromatic heterocycles. The number of carbonyl (C=O) groups excluding carboxylic acids is 1. The third-order valence-electron chi connectivity index (χ3n) is 2.30. The molecule has 1 rings (SSSR count). The molecule has 3 N–H and O–H groups in total. The van der Waals surface area contributed by atoms with Gasteiger partial charge in [-0.05, 0) is 25.0 Å². The zero-order valence-electron chi connectivity index (χ0n) is 10.5. The fourth-order valence-corrected chi connectivity index (χ4v) is 1.31. The minimum absolute atomic E-state index is 0. The van der Waals surface area contributed by atoms with Crippen molar-refractivity contribution < 1.29 is 18.0 Å². The van der Waals surface area contributed by atoms with Gasteiger partial charge in [0.2, 0.25) is 0 Å². The van der Waals surface area contributed by atoms with Crippen LogP contribution >= 0.6 is 24.0 Å². The number of amides is 2. The lowest BCUT2D eigenvalue weighted by Gasteiger charge is -2.19. The molecule has 0 bridgehead atoms. The smallest absolute Gasteiger partial charge is 0.289 e. The number of halogens is 5. The largest absolute Gasteiger partial charge is 0.407 e. The number of hydrogen-bond acceptors (Lipinski definition) is 4. The summed E-state index contributed by atoms with van der Waals surface area (Å²) in [5, 5.41) is 9.41. The van der Waals surface area contributed by atoms with Gasteiger partial charge >= 0.3 is 12.2 Å². The average Bonchev–Trinajstić information content (AvgIpc) is 2.27. The molecule has 2 amide bonds. The van der Waals surface area contributed by atoms with Crippen LogP contribution in [0, 0.1) is 13.8 Å². The Kier molecular flexibility index (Phi) is 6.45. The molecule has 0 saturated carbocycles. The zero-order chi connectivity index (χ0) is 14.8. The van der Waals surface area contributed by atoms with Crippen LogP contribution in [-0.4, -0.2) is 34.0 Å². The van der Waals surface area contributed by atoms with E-state index in [4.69, 9.17) is 17.4 Å². The van der Waals surface area contributed by atoms with Gasteiger partial charge in [0.25, 0.3) is 0 Å². The molecule has 0 spiro atoms. The maximum atomic E-state index is 12.1. The summed E-state index contributed by atoms with van der Waals surface area (Å²) >= 11 is 5.70. The van der Waals surface area contributed by atoms with Gasteiger partial charge < -0.3 is 0 Å². The van der Waals surface area contributed by atoms with Crippen LogP contribution in [0.1, 0.15) is 11.1 Å². The standard InChI is InChI=1S/C9H11ClF3N5O.ClH/c1-4-5(2)7(17-16-6(4)10)15-8(19)18(14)3-9(11,12)13;/h3,14H2,1-2H3,(H,15,17,19);1H. The van der Waals surface area contributed by atoms with E-state index < -0.39 is 18.8 Å². The highest BCUT2D eigenvalue weighted by molar-refractivity contribution is 6.30. The van der Waals surface area contributed by atoms with E-state index in [0.29, 0.717) is 11.1 Å². The Bertz CT molecular complexity index is 497. The van der Waals surface area contributed by atoms with Crippen LogP contribution in [0.25, 0.3) is 0 Å². The van der Waals surface area contributed by atoms with E-state index in [1.54, 1.807) is 13.8 Å². The Morgan fingerprint density at radius 3 is 2.40 bits per heavy atom. The monoisotopic (exact) mass is 333 g/mol. The van der Waals surface area contributed by atoms with Gasteiger partial charge in [-0.15, -0.1) is 22.6 Å². The normalized spacial score (nSPS) is 10.8. The molecular weight excluding hydrogens is 322 g/mol. The molecule has 1 heterocycles. The third kappa shape index (κ3) is 4.99. The van der Waals surface area contributed by atoms with E-state index in [9.17, 15) is 18.0 Å². The predicted octanol–water partition coefficient (Wildman–Crippen LogP) is 2.44. The van der Waals surface area contributed by atoms with Gasteiger partial charge in [0.1, 0.15) is 6.54 Å². The molecule has 11 heteroatoms. The first-order valence-electron chi connectivity index (χ1n) is 5.01. The molecule has 0 aromatic carbocycles. The molecule has 20 heavy (non-hydrogen) atoms. The molecule has 0 aliphatic carbocycles. The van der Waals surface area contributed by atoms with Crippen molar-refractivity contribution in [3.8, 4) is 0 Å². The Labute approximate surface area is 123 Å². The van der Waals surface area contributed by atoms with Crippen molar-refractivity contribution in [2.45, 2.75) is 20.0 Å². The first kappa shape index (κ1) is 18.7. The van der Waals surface area contributed by atoms with E-state index in [2.05, 4.69) is 15.5 Å². The predicted molar refractivity (Wildman–Crippen MR) is 69.7 cm³/mol. The second kappa shape index (κ2) is 6.91. The van der Waals surface area contributed by atoms with Gasteiger partial charge in [0, 0.05) is 0 Å². The van der Waals surface area contributed by atoms with E-state index in [-0.39, 0.29) is 28.4 Å². The van der Waals surface area contributed by atoms with Crippen LogP contribution in [0.15, 0.2) is 0 Å². The fourth-order valence-electron chi connectivity index (χ4n) is 1.13. The quantitative estimate of drug-likeness (QED) is 0.494. The van der Waals surface area contributed by atoms with Crippen LogP contribution in [0.3, 0.4) is 0 Å². The first-order chi connectivity index (χ1) is 8.61. The van der Waals surface area contributed by atoms with Crippen molar-refractivity contribution in [1.82, 2.24) is 15.2 Å². The van der Waals surface area contributed by atoms with Gasteiger partial charge in [-0.3, -0.25) is 10.3 Å². The van der Waals surface area contributed by atoms with Crippen molar-refractivity contribution in [2.75, 3.05) is 11.9 Å². The highest BCUT2D eigenvalue weighted by atomic mass is 35.5. The summed E-state index contributed by atoms with van der Waals surface area (Å²) in [5.41, 5.74) is 1.06. The Balaban J connectivity index is 0.00000361. The topological polar surface area (TPSA) is 84.1 Å². The number of nitrogens with two attached hydrogens (primary N) is 1. The number of anilines is 1. The minimum atomic E-state index is -4.58. The van der Waals surface area contributed by atoms with E-state index >= 15 is 0 Å². The number of alkyl halides is 3. The van der Waals surface area contributed by atoms with Gasteiger partial charge in [-0.2, -0.15) is 13.2 Å². The van der Waals surface area contributed by atoms with Crippen LogP contribution in [0.4, 0.5) is 23.8 Å². The molecular formula is C9H12Cl2F3N5O. The third-order valence-corrected chi connectivity index (χ3v) is 2.66. The lowest BCUT2D eigenvalue weighted by Crippen LogP contribution is -2.46. The fraction of sp³-hybridized carbons (Fsp3) is 0.444. The summed E-state index contributed by atoms with van der Waals surface area (Å²) in [6, 6.07) is -1.14. The van der Waals surface area contributed by atoms with Gasteiger partial charge in [-0.25, -0.2) is 10.6 Å². The number of aromatic nitrogens is 2. The van der Waals surface area contributed by atoms with Crippen LogP contribution < -0.4 is 11.2 Å². The van der Waals surface area contributed by atoms with Gasteiger partial charge in [-0.1, -0.05) is 11.6 Å². The minimum Gasteiger partial charge on any atom is -0.289 e. The second-order valence-corrected chi connectivity index (χ2v) is 4.12. The molecule has 114 valence electrons. The summed E-state index contributed by atoms with van der Waals surface area (Å²) < 4.78 is 36.2. The maximum Gasteiger partial charge on any atom is 0.407 e.